The van der Waals surface area contributed by atoms with E-state index in [0.29, 0.717) is 13.0 Å². The van der Waals surface area contributed by atoms with Gasteiger partial charge in [0.1, 0.15) is 6.04 Å². The maximum Gasteiger partial charge on any atom is 0.246 e. The molecule has 3 aromatic rings. The van der Waals surface area contributed by atoms with E-state index in [0.717, 1.165) is 41.4 Å². The van der Waals surface area contributed by atoms with Crippen LogP contribution in [0.3, 0.4) is 0 Å². The Morgan fingerprint density at radius 2 is 1.79 bits per heavy atom. The Morgan fingerprint density at radius 3 is 2.61 bits per heavy atom. The van der Waals surface area contributed by atoms with Crippen LogP contribution < -0.4 is 0 Å². The second-order valence-electron chi connectivity index (χ2n) is 9.51. The molecule has 33 heavy (non-hydrogen) atoms. The lowest BCUT2D eigenvalue weighted by Crippen LogP contribution is -2.63. The molecule has 2 aromatic carbocycles. The molecule has 5 nitrogen and oxygen atoms in total. The van der Waals surface area contributed by atoms with E-state index in [1.54, 1.807) is 4.90 Å². The summed E-state index contributed by atoms with van der Waals surface area (Å²) in [6.07, 6.45) is 8.53. The fraction of sp³-hybridized carbons (Fsp3) is 0.357. The van der Waals surface area contributed by atoms with Gasteiger partial charge in [-0.1, -0.05) is 60.2 Å². The number of rotatable bonds is 4. The highest BCUT2D eigenvalue weighted by molar-refractivity contribution is 5.97. The first-order chi connectivity index (χ1) is 16.2. The number of carbonyl (C=O) groups is 2. The van der Waals surface area contributed by atoms with Crippen molar-refractivity contribution in [2.45, 2.75) is 50.6 Å². The Morgan fingerprint density at radius 1 is 0.970 bits per heavy atom. The van der Waals surface area contributed by atoms with Crippen molar-refractivity contribution in [3.63, 3.8) is 0 Å². The molecule has 1 aromatic heterocycles. The van der Waals surface area contributed by atoms with Crippen molar-refractivity contribution in [3.05, 3.63) is 83.1 Å². The molecule has 1 unspecified atom stereocenters. The molecular weight excluding hydrogens is 410 g/mol. The monoisotopic (exact) mass is 439 g/mol. The van der Waals surface area contributed by atoms with E-state index in [2.05, 4.69) is 35.3 Å². The molecule has 1 aliphatic carbocycles. The summed E-state index contributed by atoms with van der Waals surface area (Å²) in [4.78, 5) is 34.5. The van der Waals surface area contributed by atoms with E-state index in [4.69, 9.17) is 0 Å². The number of aromatic nitrogens is 1. The zero-order valence-corrected chi connectivity index (χ0v) is 18.8. The quantitative estimate of drug-likeness (QED) is 0.597. The van der Waals surface area contributed by atoms with Gasteiger partial charge in [-0.15, -0.1) is 0 Å². The smallest absolute Gasteiger partial charge is 0.246 e. The molecule has 1 saturated heterocycles. The van der Waals surface area contributed by atoms with Crippen LogP contribution in [0.2, 0.25) is 0 Å². The van der Waals surface area contributed by atoms with Gasteiger partial charge in [0.25, 0.3) is 0 Å². The fourth-order valence-corrected chi connectivity index (χ4v) is 5.90. The molecule has 0 spiro atoms. The maximum absolute atomic E-state index is 13.7. The van der Waals surface area contributed by atoms with E-state index in [1.165, 1.54) is 24.0 Å². The molecule has 168 valence electrons. The van der Waals surface area contributed by atoms with Crippen molar-refractivity contribution in [1.82, 2.24) is 14.8 Å². The third-order valence-electron chi connectivity index (χ3n) is 7.55. The highest BCUT2D eigenvalue weighted by atomic mass is 16.2. The fourth-order valence-electron chi connectivity index (χ4n) is 5.90. The molecule has 0 saturated carbocycles. The number of H-pyrrole nitrogens is 1. The normalized spacial score (nSPS) is 22.8. The highest BCUT2D eigenvalue weighted by Crippen LogP contribution is 2.42. The van der Waals surface area contributed by atoms with Gasteiger partial charge in [-0.3, -0.25) is 9.59 Å². The van der Waals surface area contributed by atoms with E-state index in [1.807, 2.05) is 35.2 Å². The number of carbonyl (C=O) groups excluding carboxylic acids is 2. The number of fused-ring (bicyclic) bond motifs is 4. The van der Waals surface area contributed by atoms with Crippen molar-refractivity contribution in [2.24, 2.45) is 0 Å². The van der Waals surface area contributed by atoms with Gasteiger partial charge in [0.05, 0.1) is 12.6 Å². The molecule has 2 aliphatic heterocycles. The topological polar surface area (TPSA) is 56.4 Å². The van der Waals surface area contributed by atoms with Gasteiger partial charge in [-0.05, 0) is 49.3 Å². The molecular formula is C28H29N3O2. The first-order valence-electron chi connectivity index (χ1n) is 12.1. The summed E-state index contributed by atoms with van der Waals surface area (Å²) < 4.78 is 0. The van der Waals surface area contributed by atoms with Gasteiger partial charge in [0.15, 0.2) is 0 Å². The largest absolute Gasteiger partial charge is 0.356 e. The lowest BCUT2D eigenvalue weighted by Gasteiger charge is -2.47. The number of hydrogen-bond acceptors (Lipinski definition) is 2. The number of allylic oxidation sites excluding steroid dienone is 1. The lowest BCUT2D eigenvalue weighted by molar-refractivity contribution is -0.158. The lowest BCUT2D eigenvalue weighted by atomic mass is 9.86. The van der Waals surface area contributed by atoms with Gasteiger partial charge in [0, 0.05) is 29.6 Å². The van der Waals surface area contributed by atoms with Crippen LogP contribution in [0.15, 0.2) is 66.2 Å². The summed E-state index contributed by atoms with van der Waals surface area (Å²) in [5.41, 5.74) is 5.74. The Bertz CT molecular complexity index is 1240. The van der Waals surface area contributed by atoms with Crippen molar-refractivity contribution in [2.75, 3.05) is 13.1 Å². The molecule has 0 radical (unpaired) electrons. The zero-order valence-electron chi connectivity index (χ0n) is 18.8. The van der Waals surface area contributed by atoms with Gasteiger partial charge in [-0.25, -0.2) is 0 Å². The molecule has 6 rings (SSSR count). The summed E-state index contributed by atoms with van der Waals surface area (Å²) in [7, 11) is 0. The summed E-state index contributed by atoms with van der Waals surface area (Å²) in [6.45, 7) is 0.805. The molecule has 1 N–H and O–H groups in total. The molecule has 2 amide bonds. The van der Waals surface area contributed by atoms with E-state index in [-0.39, 0.29) is 24.4 Å². The average Bonchev–Trinajstić information content (AvgIpc) is 3.23. The van der Waals surface area contributed by atoms with Crippen LogP contribution in [0.4, 0.5) is 0 Å². The summed E-state index contributed by atoms with van der Waals surface area (Å²) in [6, 6.07) is 17.6. The van der Waals surface area contributed by atoms with Gasteiger partial charge < -0.3 is 14.8 Å². The van der Waals surface area contributed by atoms with E-state index < -0.39 is 6.04 Å². The second-order valence-corrected chi connectivity index (χ2v) is 9.51. The molecule has 3 aliphatic rings. The number of nitrogens with one attached hydrogen (secondary N) is 1. The number of benzene rings is 2. The van der Waals surface area contributed by atoms with Gasteiger partial charge >= 0.3 is 0 Å². The van der Waals surface area contributed by atoms with Crippen LogP contribution in [0.25, 0.3) is 10.9 Å². The Hall–Kier alpha value is -3.34. The summed E-state index contributed by atoms with van der Waals surface area (Å²) in [5.74, 6) is 0.123. The Labute approximate surface area is 194 Å². The molecule has 2 atom stereocenters. The Balaban J connectivity index is 1.38. The van der Waals surface area contributed by atoms with Crippen LogP contribution in [-0.4, -0.2) is 45.7 Å². The zero-order chi connectivity index (χ0) is 22.4. The van der Waals surface area contributed by atoms with Gasteiger partial charge in [-0.2, -0.15) is 0 Å². The minimum Gasteiger partial charge on any atom is -0.356 e. The predicted molar refractivity (Wildman–Crippen MR) is 129 cm³/mol. The van der Waals surface area contributed by atoms with Crippen LogP contribution in [0, 0.1) is 0 Å². The first-order valence-corrected chi connectivity index (χ1v) is 12.1. The number of piperazine rings is 1. The van der Waals surface area contributed by atoms with E-state index in [9.17, 15) is 9.59 Å². The first kappa shape index (κ1) is 20.3. The number of hydrogen-bond donors (Lipinski definition) is 1. The average molecular weight is 440 g/mol. The van der Waals surface area contributed by atoms with Crippen LogP contribution in [0.1, 0.15) is 55.0 Å². The van der Waals surface area contributed by atoms with Crippen LogP contribution >= 0.6 is 0 Å². The van der Waals surface area contributed by atoms with Crippen molar-refractivity contribution >= 4 is 22.7 Å². The predicted octanol–water partition coefficient (Wildman–Crippen LogP) is 4.74. The number of aromatic amines is 1. The summed E-state index contributed by atoms with van der Waals surface area (Å²) >= 11 is 0. The third kappa shape index (κ3) is 3.47. The van der Waals surface area contributed by atoms with Crippen molar-refractivity contribution in [1.29, 1.82) is 0 Å². The molecule has 1 fully saturated rings. The number of amides is 2. The molecule has 3 heterocycles. The molecule has 5 heteroatoms. The minimum atomic E-state index is -0.455. The Kier molecular flexibility index (Phi) is 5.05. The third-order valence-corrected chi connectivity index (χ3v) is 7.55. The van der Waals surface area contributed by atoms with Crippen LogP contribution in [0.5, 0.6) is 0 Å². The highest BCUT2D eigenvalue weighted by Gasteiger charge is 2.48. The van der Waals surface area contributed by atoms with Crippen LogP contribution in [-0.2, 0) is 16.0 Å². The summed E-state index contributed by atoms with van der Waals surface area (Å²) in [5, 5.41) is 1.15. The maximum atomic E-state index is 13.7. The second kappa shape index (κ2) is 8.22. The van der Waals surface area contributed by atoms with Gasteiger partial charge in [0.2, 0.25) is 11.8 Å². The van der Waals surface area contributed by atoms with Crippen molar-refractivity contribution in [3.8, 4) is 0 Å². The number of para-hydroxylation sites is 1. The minimum absolute atomic E-state index is 0.0374. The van der Waals surface area contributed by atoms with E-state index >= 15 is 0 Å². The molecule has 0 bridgehead atoms. The standard InChI is InChI=1S/C28H29N3O2/c32-25-18-30(16-15-19-9-3-1-4-10-19)28(33)24-17-22-21-13-7-8-14-23(21)29-26(22)27(31(24)25)20-11-5-2-6-12-20/h2,5-9,11-14,24,27,29H,1,3-4,10,15-18H2/t24-,27?/m0/s1. The number of nitrogens with zero attached hydrogens (tertiary/aromatic N) is 2. The van der Waals surface area contributed by atoms with Crippen molar-refractivity contribution < 1.29 is 9.59 Å². The SMILES string of the molecule is O=C1[C@@H]2Cc3c([nH]c4ccccc34)C(c3ccccc3)N2C(=O)CN1CCC1=CCCCC1.